The Labute approximate surface area is 119 Å². The molecule has 0 saturated heterocycles. The first-order valence-electron chi connectivity index (χ1n) is 6.51. The molecule has 0 radical (unpaired) electrons. The van der Waals surface area contributed by atoms with E-state index >= 15 is 0 Å². The van der Waals surface area contributed by atoms with E-state index in [9.17, 15) is 4.79 Å². The van der Waals surface area contributed by atoms with E-state index < -0.39 is 6.16 Å². The summed E-state index contributed by atoms with van der Waals surface area (Å²) in [5.41, 5.74) is 4.13. The molecule has 2 aromatic rings. The summed E-state index contributed by atoms with van der Waals surface area (Å²) < 4.78 is 10.5. The lowest BCUT2D eigenvalue weighted by Gasteiger charge is -2.12. The molecule has 0 saturated carbocycles. The standard InChI is InChI=1S/C17H18O3/c1-11-9-10-16(14(4)13(11)3)20-17(18)19-15-8-6-5-7-12(15)2/h5-10H,1-4H3. The molecule has 0 aliphatic heterocycles. The molecule has 0 amide bonds. The molecular weight excluding hydrogens is 252 g/mol. The van der Waals surface area contributed by atoms with Gasteiger partial charge >= 0.3 is 6.16 Å². The largest absolute Gasteiger partial charge is 0.519 e. The van der Waals surface area contributed by atoms with E-state index in [1.165, 1.54) is 5.56 Å². The first kappa shape index (κ1) is 14.1. The van der Waals surface area contributed by atoms with E-state index in [2.05, 4.69) is 0 Å². The molecule has 2 aromatic carbocycles. The second kappa shape index (κ2) is 5.78. The zero-order valence-electron chi connectivity index (χ0n) is 12.2. The normalized spacial score (nSPS) is 10.2. The van der Waals surface area contributed by atoms with Gasteiger partial charge in [-0.2, -0.15) is 0 Å². The van der Waals surface area contributed by atoms with Crippen molar-refractivity contribution in [3.05, 3.63) is 58.7 Å². The Morgan fingerprint density at radius 2 is 1.40 bits per heavy atom. The summed E-state index contributed by atoms with van der Waals surface area (Å²) in [6, 6.07) is 11.0. The summed E-state index contributed by atoms with van der Waals surface area (Å²) in [5, 5.41) is 0. The molecule has 0 N–H and O–H groups in total. The number of benzene rings is 2. The highest BCUT2D eigenvalue weighted by Crippen LogP contribution is 2.25. The predicted molar refractivity (Wildman–Crippen MR) is 78.5 cm³/mol. The van der Waals surface area contributed by atoms with Gasteiger partial charge in [-0.15, -0.1) is 0 Å². The van der Waals surface area contributed by atoms with E-state index in [4.69, 9.17) is 9.47 Å². The lowest BCUT2D eigenvalue weighted by atomic mass is 10.0. The van der Waals surface area contributed by atoms with Gasteiger partial charge in [0.2, 0.25) is 0 Å². The number of hydrogen-bond acceptors (Lipinski definition) is 3. The minimum absolute atomic E-state index is 0.513. The Kier molecular flexibility index (Phi) is 4.08. The zero-order chi connectivity index (χ0) is 14.7. The fraction of sp³-hybridized carbons (Fsp3) is 0.235. The second-order valence-electron chi connectivity index (χ2n) is 4.85. The Bertz CT molecular complexity index is 645. The van der Waals surface area contributed by atoms with Crippen molar-refractivity contribution in [2.24, 2.45) is 0 Å². The van der Waals surface area contributed by atoms with Crippen molar-refractivity contribution in [2.45, 2.75) is 27.7 Å². The zero-order valence-corrected chi connectivity index (χ0v) is 12.2. The van der Waals surface area contributed by atoms with Crippen LogP contribution in [0.15, 0.2) is 36.4 Å². The predicted octanol–water partition coefficient (Wildman–Crippen LogP) is 4.50. The highest BCUT2D eigenvalue weighted by atomic mass is 16.7. The van der Waals surface area contributed by atoms with Crippen LogP contribution in [-0.4, -0.2) is 6.16 Å². The van der Waals surface area contributed by atoms with Crippen LogP contribution in [0.2, 0.25) is 0 Å². The first-order valence-corrected chi connectivity index (χ1v) is 6.51. The number of carbonyl (C=O) groups is 1. The third-order valence-corrected chi connectivity index (χ3v) is 3.49. The third-order valence-electron chi connectivity index (χ3n) is 3.49. The van der Waals surface area contributed by atoms with Crippen LogP contribution in [0.3, 0.4) is 0 Å². The van der Waals surface area contributed by atoms with Crippen molar-refractivity contribution in [2.75, 3.05) is 0 Å². The topological polar surface area (TPSA) is 35.5 Å². The Morgan fingerprint density at radius 1 is 0.750 bits per heavy atom. The van der Waals surface area contributed by atoms with Crippen molar-refractivity contribution in [3.63, 3.8) is 0 Å². The fourth-order valence-corrected chi connectivity index (χ4v) is 1.91. The smallest absolute Gasteiger partial charge is 0.394 e. The minimum Gasteiger partial charge on any atom is -0.394 e. The molecule has 20 heavy (non-hydrogen) atoms. The van der Waals surface area contributed by atoms with Gasteiger partial charge < -0.3 is 9.47 Å². The van der Waals surface area contributed by atoms with Gasteiger partial charge in [-0.05, 0) is 62.1 Å². The van der Waals surface area contributed by atoms with E-state index in [0.29, 0.717) is 11.5 Å². The first-order chi connectivity index (χ1) is 9.49. The maximum atomic E-state index is 11.8. The molecule has 0 spiro atoms. The number of hydrogen-bond donors (Lipinski definition) is 0. The van der Waals surface area contributed by atoms with Gasteiger partial charge in [0, 0.05) is 0 Å². The molecule has 3 nitrogen and oxygen atoms in total. The summed E-state index contributed by atoms with van der Waals surface area (Å²) in [4.78, 5) is 11.8. The number of ether oxygens (including phenoxy) is 2. The van der Waals surface area contributed by atoms with E-state index in [1.54, 1.807) is 12.1 Å². The van der Waals surface area contributed by atoms with Gasteiger partial charge in [0.05, 0.1) is 0 Å². The molecule has 0 heterocycles. The monoisotopic (exact) mass is 270 g/mol. The van der Waals surface area contributed by atoms with Crippen LogP contribution in [0.4, 0.5) is 4.79 Å². The maximum absolute atomic E-state index is 11.8. The SMILES string of the molecule is Cc1ccccc1OC(=O)Oc1ccc(C)c(C)c1C. The number of rotatable bonds is 2. The van der Waals surface area contributed by atoms with E-state index in [1.807, 2.05) is 52.0 Å². The second-order valence-corrected chi connectivity index (χ2v) is 4.85. The van der Waals surface area contributed by atoms with Crippen LogP contribution < -0.4 is 9.47 Å². The number of carbonyl (C=O) groups excluding carboxylic acids is 1. The highest BCUT2D eigenvalue weighted by Gasteiger charge is 2.12. The summed E-state index contributed by atoms with van der Waals surface area (Å²) in [6.07, 6.45) is -0.717. The van der Waals surface area contributed by atoms with Crippen LogP contribution in [0, 0.1) is 27.7 Å². The van der Waals surface area contributed by atoms with Gasteiger partial charge in [0.1, 0.15) is 11.5 Å². The molecule has 0 aliphatic carbocycles. The maximum Gasteiger partial charge on any atom is 0.519 e. The summed E-state index contributed by atoms with van der Waals surface area (Å²) in [5.74, 6) is 1.05. The molecular formula is C17H18O3. The molecule has 0 aliphatic rings. The van der Waals surface area contributed by atoms with Crippen LogP contribution in [0.25, 0.3) is 0 Å². The average Bonchev–Trinajstić information content (AvgIpc) is 2.42. The summed E-state index contributed by atoms with van der Waals surface area (Å²) >= 11 is 0. The van der Waals surface area contributed by atoms with Crippen LogP contribution in [-0.2, 0) is 0 Å². The van der Waals surface area contributed by atoms with Crippen LogP contribution in [0.1, 0.15) is 22.3 Å². The Morgan fingerprint density at radius 3 is 2.10 bits per heavy atom. The molecule has 3 heteroatoms. The van der Waals surface area contributed by atoms with Crippen LogP contribution >= 0.6 is 0 Å². The van der Waals surface area contributed by atoms with Crippen molar-refractivity contribution < 1.29 is 14.3 Å². The van der Waals surface area contributed by atoms with Crippen molar-refractivity contribution in [1.29, 1.82) is 0 Å². The van der Waals surface area contributed by atoms with E-state index in [-0.39, 0.29) is 0 Å². The Hall–Kier alpha value is -2.29. The lowest BCUT2D eigenvalue weighted by molar-refractivity contribution is 0.151. The highest BCUT2D eigenvalue weighted by molar-refractivity contribution is 5.68. The number of aryl methyl sites for hydroxylation is 2. The summed E-state index contributed by atoms with van der Waals surface area (Å²) in [7, 11) is 0. The molecule has 104 valence electrons. The quantitative estimate of drug-likeness (QED) is 0.595. The van der Waals surface area contributed by atoms with Gasteiger partial charge in [-0.25, -0.2) is 4.79 Å². The fourth-order valence-electron chi connectivity index (χ4n) is 1.91. The minimum atomic E-state index is -0.717. The van der Waals surface area contributed by atoms with Gasteiger partial charge in [0.25, 0.3) is 0 Å². The number of para-hydroxylation sites is 1. The van der Waals surface area contributed by atoms with Crippen molar-refractivity contribution in [3.8, 4) is 11.5 Å². The molecule has 0 unspecified atom stereocenters. The van der Waals surface area contributed by atoms with E-state index in [0.717, 1.165) is 16.7 Å². The van der Waals surface area contributed by atoms with Gasteiger partial charge in [0.15, 0.2) is 0 Å². The Balaban J connectivity index is 2.13. The van der Waals surface area contributed by atoms with Gasteiger partial charge in [-0.1, -0.05) is 24.3 Å². The average molecular weight is 270 g/mol. The lowest BCUT2D eigenvalue weighted by Crippen LogP contribution is -2.15. The van der Waals surface area contributed by atoms with Crippen LogP contribution in [0.5, 0.6) is 11.5 Å². The molecule has 0 fully saturated rings. The van der Waals surface area contributed by atoms with Crippen molar-refractivity contribution in [1.82, 2.24) is 0 Å². The molecule has 0 aromatic heterocycles. The molecule has 0 bridgehead atoms. The molecule has 0 atom stereocenters. The van der Waals surface area contributed by atoms with Crippen molar-refractivity contribution >= 4 is 6.16 Å². The summed E-state index contributed by atoms with van der Waals surface area (Å²) in [6.45, 7) is 7.84. The molecule has 2 rings (SSSR count). The van der Waals surface area contributed by atoms with Gasteiger partial charge in [-0.3, -0.25) is 0 Å². The third kappa shape index (κ3) is 2.99.